The van der Waals surface area contributed by atoms with Crippen molar-refractivity contribution < 1.29 is 9.90 Å². The van der Waals surface area contributed by atoms with E-state index < -0.39 is 0 Å². The van der Waals surface area contributed by atoms with E-state index in [1.54, 1.807) is 11.1 Å². The number of fused-ring (bicyclic) bond motifs is 4. The minimum Gasteiger partial charge on any atom is -0.396 e. The number of aliphatic hydroxyl groups excluding tert-OH is 1. The molecule has 1 aromatic carbocycles. The Labute approximate surface area is 180 Å². The number of hydrogen-bond donors (Lipinski definition) is 2. The fraction of sp³-hybridized carbons (Fsp3) is 0.593. The highest BCUT2D eigenvalue weighted by Gasteiger charge is 2.49. The minimum absolute atomic E-state index is 0.321. The Balaban J connectivity index is 1.56. The van der Waals surface area contributed by atoms with Crippen LogP contribution in [0.4, 0.5) is 5.69 Å². The van der Waals surface area contributed by atoms with Gasteiger partial charge in [0.15, 0.2) is 5.78 Å². The molecular formula is C27H35NO2. The van der Waals surface area contributed by atoms with Gasteiger partial charge < -0.3 is 10.4 Å². The Morgan fingerprint density at radius 3 is 2.63 bits per heavy atom. The van der Waals surface area contributed by atoms with E-state index in [9.17, 15) is 9.90 Å². The predicted molar refractivity (Wildman–Crippen MR) is 121 cm³/mol. The molecule has 2 fully saturated rings. The van der Waals surface area contributed by atoms with Crippen LogP contribution in [-0.4, -0.2) is 24.5 Å². The number of benzene rings is 1. The summed E-state index contributed by atoms with van der Waals surface area (Å²) in [6.07, 6.45) is 12.0. The maximum absolute atomic E-state index is 12.1. The summed E-state index contributed by atoms with van der Waals surface area (Å²) < 4.78 is 0. The zero-order valence-electron chi connectivity index (χ0n) is 18.2. The van der Waals surface area contributed by atoms with Crippen molar-refractivity contribution in [3.63, 3.8) is 0 Å². The summed E-state index contributed by atoms with van der Waals surface area (Å²) in [6, 6.07) is 9.07. The number of nitrogens with one attached hydrogen (secondary N) is 1. The molecule has 30 heavy (non-hydrogen) atoms. The van der Waals surface area contributed by atoms with E-state index in [-0.39, 0.29) is 0 Å². The number of carbonyl (C=O) groups excluding carboxylic acids is 1. The number of anilines is 1. The Bertz CT molecular complexity index is 865. The number of hydrogen-bond acceptors (Lipinski definition) is 3. The van der Waals surface area contributed by atoms with E-state index in [2.05, 4.69) is 29.6 Å². The molecule has 160 valence electrons. The van der Waals surface area contributed by atoms with E-state index in [4.69, 9.17) is 0 Å². The van der Waals surface area contributed by atoms with Crippen molar-refractivity contribution in [3.05, 3.63) is 52.6 Å². The molecule has 0 saturated heterocycles. The molecule has 0 bridgehead atoms. The predicted octanol–water partition coefficient (Wildman–Crippen LogP) is 5.63. The van der Waals surface area contributed by atoms with Crippen molar-refractivity contribution in [2.24, 2.45) is 23.7 Å². The largest absolute Gasteiger partial charge is 0.396 e. The van der Waals surface area contributed by atoms with Gasteiger partial charge in [-0.1, -0.05) is 17.7 Å². The molecule has 0 spiro atoms. The van der Waals surface area contributed by atoms with E-state index in [1.165, 1.54) is 43.2 Å². The Morgan fingerprint density at radius 2 is 1.87 bits per heavy atom. The highest BCUT2D eigenvalue weighted by atomic mass is 16.2. The summed E-state index contributed by atoms with van der Waals surface area (Å²) in [6.45, 7) is 0.323. The van der Waals surface area contributed by atoms with E-state index >= 15 is 0 Å². The first-order valence-electron chi connectivity index (χ1n) is 12.0. The van der Waals surface area contributed by atoms with Crippen LogP contribution >= 0.6 is 0 Å². The summed E-state index contributed by atoms with van der Waals surface area (Å²) >= 11 is 0. The first-order chi connectivity index (χ1) is 14.7. The van der Waals surface area contributed by atoms with Gasteiger partial charge in [-0.3, -0.25) is 4.79 Å². The van der Waals surface area contributed by atoms with Crippen LogP contribution in [0.25, 0.3) is 0 Å². The smallest absolute Gasteiger partial charge is 0.156 e. The molecule has 5 rings (SSSR count). The summed E-state index contributed by atoms with van der Waals surface area (Å²) in [5.74, 6) is 3.87. The van der Waals surface area contributed by atoms with Crippen molar-refractivity contribution in [1.29, 1.82) is 0 Å². The average molecular weight is 406 g/mol. The first kappa shape index (κ1) is 20.1. The van der Waals surface area contributed by atoms with Crippen LogP contribution in [0.1, 0.15) is 69.3 Å². The molecule has 0 aliphatic heterocycles. The van der Waals surface area contributed by atoms with Crippen LogP contribution in [0.15, 0.2) is 47.1 Å². The molecule has 5 atom stereocenters. The lowest BCUT2D eigenvalue weighted by Crippen LogP contribution is -2.36. The van der Waals surface area contributed by atoms with Gasteiger partial charge in [0.2, 0.25) is 0 Å². The summed E-state index contributed by atoms with van der Waals surface area (Å²) in [5, 5.41) is 12.6. The average Bonchev–Trinajstić information content (AvgIpc) is 3.19. The standard InChI is InChI=1S/C27H35NO2/c1-28-20-8-4-18(5-9-20)26-16-25-17(3-2-14-29)6-11-23(25)24-12-7-19-15-21(30)10-13-22(19)27(24)26/h4-5,8-9,15,17,23-26,28-29H,2-3,6-7,10-14,16H2,1H3. The Kier molecular flexibility index (Phi) is 5.58. The van der Waals surface area contributed by atoms with Crippen LogP contribution in [0, 0.1) is 23.7 Å². The van der Waals surface area contributed by atoms with Gasteiger partial charge in [-0.05, 0) is 110 Å². The summed E-state index contributed by atoms with van der Waals surface area (Å²) in [7, 11) is 1.97. The normalized spacial score (nSPS) is 32.9. The van der Waals surface area contributed by atoms with Gasteiger partial charge in [0, 0.05) is 31.7 Å². The Morgan fingerprint density at radius 1 is 1.03 bits per heavy atom. The first-order valence-corrected chi connectivity index (χ1v) is 12.0. The third-order valence-corrected chi connectivity index (χ3v) is 8.58. The van der Waals surface area contributed by atoms with Crippen LogP contribution in [-0.2, 0) is 4.79 Å². The molecule has 2 saturated carbocycles. The molecule has 1 aromatic rings. The maximum Gasteiger partial charge on any atom is 0.156 e. The third-order valence-electron chi connectivity index (χ3n) is 8.58. The highest BCUT2D eigenvalue weighted by molar-refractivity contribution is 5.93. The number of rotatable bonds is 5. The zero-order chi connectivity index (χ0) is 20.7. The van der Waals surface area contributed by atoms with Gasteiger partial charge in [0.05, 0.1) is 0 Å². The minimum atomic E-state index is 0.321. The van der Waals surface area contributed by atoms with Gasteiger partial charge in [-0.2, -0.15) is 0 Å². The van der Waals surface area contributed by atoms with Crippen LogP contribution in [0.3, 0.4) is 0 Å². The number of carbonyl (C=O) groups is 1. The molecule has 0 heterocycles. The lowest BCUT2D eigenvalue weighted by atomic mass is 9.57. The van der Waals surface area contributed by atoms with Gasteiger partial charge in [-0.15, -0.1) is 0 Å². The van der Waals surface area contributed by atoms with Crippen LogP contribution in [0.2, 0.25) is 0 Å². The van der Waals surface area contributed by atoms with Crippen molar-refractivity contribution >= 4 is 11.5 Å². The fourth-order valence-corrected chi connectivity index (χ4v) is 7.28. The molecule has 0 radical (unpaired) electrons. The van der Waals surface area contributed by atoms with Crippen LogP contribution < -0.4 is 5.32 Å². The topological polar surface area (TPSA) is 49.3 Å². The molecular weight excluding hydrogens is 370 g/mol. The SMILES string of the molecule is CNc1ccc(C2CC3C(CCCO)CCC3C3CCC4=CC(=O)CCC4=C23)cc1. The zero-order valence-corrected chi connectivity index (χ0v) is 18.2. The summed E-state index contributed by atoms with van der Waals surface area (Å²) in [5.41, 5.74) is 7.21. The second-order valence-electron chi connectivity index (χ2n) is 9.91. The molecule has 3 nitrogen and oxygen atoms in total. The second kappa shape index (κ2) is 8.34. The molecule has 4 aliphatic carbocycles. The third kappa shape index (κ3) is 3.45. The number of allylic oxidation sites excluding steroid dienone is 4. The van der Waals surface area contributed by atoms with Gasteiger partial charge in [-0.25, -0.2) is 0 Å². The van der Waals surface area contributed by atoms with Crippen molar-refractivity contribution in [2.75, 3.05) is 19.0 Å². The quantitative estimate of drug-likeness (QED) is 0.668. The van der Waals surface area contributed by atoms with Gasteiger partial charge in [0.1, 0.15) is 0 Å². The lowest BCUT2D eigenvalue weighted by molar-refractivity contribution is -0.114. The van der Waals surface area contributed by atoms with Gasteiger partial charge in [0.25, 0.3) is 0 Å². The van der Waals surface area contributed by atoms with Gasteiger partial charge >= 0.3 is 0 Å². The van der Waals surface area contributed by atoms with E-state index in [0.717, 1.165) is 42.7 Å². The van der Waals surface area contributed by atoms with E-state index in [0.29, 0.717) is 30.6 Å². The fourth-order valence-electron chi connectivity index (χ4n) is 7.28. The van der Waals surface area contributed by atoms with Crippen molar-refractivity contribution in [2.45, 2.75) is 63.7 Å². The second-order valence-corrected chi connectivity index (χ2v) is 9.91. The Hall–Kier alpha value is -1.87. The number of aliphatic hydroxyl groups is 1. The number of ketones is 1. The maximum atomic E-state index is 12.1. The monoisotopic (exact) mass is 405 g/mol. The van der Waals surface area contributed by atoms with Crippen molar-refractivity contribution in [3.8, 4) is 0 Å². The van der Waals surface area contributed by atoms with E-state index in [1.807, 2.05) is 13.1 Å². The molecule has 0 amide bonds. The van der Waals surface area contributed by atoms with Crippen LogP contribution in [0.5, 0.6) is 0 Å². The molecule has 4 aliphatic rings. The molecule has 2 N–H and O–H groups in total. The lowest BCUT2D eigenvalue weighted by Gasteiger charge is -2.47. The molecule has 0 aromatic heterocycles. The van der Waals surface area contributed by atoms with Crippen molar-refractivity contribution in [1.82, 2.24) is 0 Å². The highest BCUT2D eigenvalue weighted by Crippen LogP contribution is 2.60. The molecule has 3 heteroatoms. The molecule has 5 unspecified atom stereocenters. The summed E-state index contributed by atoms with van der Waals surface area (Å²) in [4.78, 5) is 12.1.